The maximum atomic E-state index is 13.8. The predicted octanol–water partition coefficient (Wildman–Crippen LogP) is 24.2. The minimum Gasteiger partial charge on any atom is -0.478 e. The van der Waals surface area contributed by atoms with Gasteiger partial charge in [-0.3, -0.25) is 73.3 Å². The Morgan fingerprint density at radius 1 is 0.347 bits per heavy atom. The molecule has 26 nitrogen and oxygen atoms in total. The molecule has 3 unspecified atom stereocenters. The van der Waals surface area contributed by atoms with E-state index >= 15 is 0 Å². The third-order valence-corrected chi connectivity index (χ3v) is 28.0. The Morgan fingerprint density at radius 3 is 0.973 bits per heavy atom. The number of Topliss-reactive ketones (excluding diaryl/α,β-unsaturated/α-hetero) is 1. The van der Waals surface area contributed by atoms with E-state index < -0.39 is 34.5 Å². The first-order valence-corrected chi connectivity index (χ1v) is 51.8. The summed E-state index contributed by atoms with van der Waals surface area (Å²) in [4.78, 5) is 117. The van der Waals surface area contributed by atoms with Crippen molar-refractivity contribution < 1.29 is 78.4 Å². The van der Waals surface area contributed by atoms with Crippen molar-refractivity contribution in [3.05, 3.63) is 491 Å². The smallest absolute Gasteiger partial charge is 0.336 e. The molecule has 0 radical (unpaired) electrons. The van der Waals surface area contributed by atoms with Crippen molar-refractivity contribution in [2.45, 2.75) is 82.0 Å². The summed E-state index contributed by atoms with van der Waals surface area (Å²) >= 11 is 69.5. The Hall–Kier alpha value is -11.4. The zero-order chi connectivity index (χ0) is 108. The van der Waals surface area contributed by atoms with E-state index in [1.165, 1.54) is 42.5 Å². The van der Waals surface area contributed by atoms with Crippen LogP contribution in [0.2, 0.25) is 50.2 Å². The zero-order valence-electron chi connectivity index (χ0n) is 79.4. The number of rotatable bonds is 27. The minimum absolute atomic E-state index is 0.00681. The van der Waals surface area contributed by atoms with E-state index in [0.717, 1.165) is 20.2 Å². The number of aromatic carboxylic acids is 1. The Kier molecular flexibility index (Phi) is 38.4. The number of aliphatic hydroxyl groups is 5. The average Bonchev–Trinajstić information content (AvgIpc) is 1.56. The van der Waals surface area contributed by atoms with Crippen LogP contribution in [0.3, 0.4) is 0 Å². The maximum Gasteiger partial charge on any atom is 0.336 e. The Balaban J connectivity index is 0.000000146. The molecule has 4 aliphatic heterocycles. The molecule has 10 aromatic carbocycles. The van der Waals surface area contributed by atoms with Crippen LogP contribution in [-0.2, 0) is 75.4 Å². The molecule has 4 atom stereocenters. The summed E-state index contributed by atoms with van der Waals surface area (Å²) in [5.41, 5.74) is 10.3. The fourth-order valence-corrected chi connectivity index (χ4v) is 19.4. The standard InChI is InChI=1S/C25H24Cl2N2O4.C24H20Cl2N2O4.C22H17BrCl2N2O3.C20H13BrCl2N2O2.C14H8BrClO3.C6H7ClN2/c1-24(2,32)17-5-10-22-21(13-17)23(31)29(15-20-9-8-19(27)14-28-20)25(22,33-12-11-30)16-3-6-18(26)7-4-16;1-15(30)16-2-9-22-21(12-16)23(31)28(14-20-8-7-19(26)13-27-20)24(22,32-11-10-29)17-3-5-18(25)6-4-17;23-15-3-8-20-19(11-15)21(29)27(13-18-7-6-17(25)12-26-18)22(20,30-10-9-28)14-1-4-16(24)5-2-14;21-13-3-8-18-17(9-13)19(26)25(11-16-7-6-15(23)10-24-16)20(18,27)12-1-4-14(22)5-2-12;15-9-3-6-11(12(7-9)14(18)19)13(17)8-1-4-10(16)5-2-8;7-5-1-2-6(3-8)9-4-5/h3-10,13-14,30,32H,11-12,15H2,1-2H3;2-9,12-13,29H,10-11,14H2,1H3;1-8,11-12,28H,9-10,13H2;1-10,27H,11H2;1-7H,(H,18,19);1-2,4H,3,8H2/t25-;;;;;/m1...../s1. The fourth-order valence-electron chi connectivity index (χ4n) is 17.2. The largest absolute Gasteiger partial charge is 0.478 e. The number of carboxylic acid groups (broad SMARTS) is 1. The molecule has 0 saturated heterocycles. The number of amides is 4. The molecule has 39 heteroatoms. The van der Waals surface area contributed by atoms with Crippen molar-refractivity contribution in [3.8, 4) is 0 Å². The van der Waals surface area contributed by atoms with Crippen LogP contribution in [0.4, 0.5) is 0 Å². The lowest BCUT2D eigenvalue weighted by Gasteiger charge is -2.39. The lowest BCUT2D eigenvalue weighted by molar-refractivity contribution is -0.119. The predicted molar refractivity (Wildman–Crippen MR) is 586 cm³/mol. The quantitative estimate of drug-likeness (QED) is 0.0235. The zero-order valence-corrected chi connectivity index (χ0v) is 91.7. The van der Waals surface area contributed by atoms with Gasteiger partial charge in [-0.25, -0.2) is 4.79 Å². The van der Waals surface area contributed by atoms with Gasteiger partial charge >= 0.3 is 5.97 Å². The van der Waals surface area contributed by atoms with Crippen LogP contribution in [-0.4, -0.2) is 156 Å². The van der Waals surface area contributed by atoms with Crippen molar-refractivity contribution >= 4 is 205 Å². The summed E-state index contributed by atoms with van der Waals surface area (Å²) in [6.07, 6.45) is 7.68. The number of fused-ring (bicyclic) bond motifs is 4. The molecular formula is C111H89Br3Cl10N10O16. The SMILES string of the molecule is CC(=O)c1ccc2c(c1)C(=O)N(Cc1ccc(Cl)cn1)C2(OCCO)c1ccc(Cl)cc1.CC(C)(O)c1ccc2c(c1)C(=O)N(Cc1ccc(Cl)cn1)[C@@]2(OCCO)c1ccc(Cl)cc1.NCc1ccc(Cl)cn1.O=C(O)c1cc(Br)ccc1C(=O)c1ccc(Cl)cc1.O=C1c2cc(Br)ccc2C(O)(c2ccc(Cl)cc2)N1Cc1ccc(Cl)cn1.O=C1c2cc(Br)ccc2C(OCCO)(c2ccc(Cl)cc2)N1Cc1ccc(Cl)cn1. The molecule has 0 aliphatic carbocycles. The van der Waals surface area contributed by atoms with Gasteiger partial charge in [0.05, 0.1) is 131 Å². The van der Waals surface area contributed by atoms with E-state index in [1.54, 1.807) is 271 Å². The number of hydrogen-bond acceptors (Lipinski definition) is 21. The highest BCUT2D eigenvalue weighted by Crippen LogP contribution is 2.52. The fraction of sp³-hybridized carbons (Fsp3) is 0.171. The van der Waals surface area contributed by atoms with Crippen molar-refractivity contribution in [3.63, 3.8) is 0 Å². The van der Waals surface area contributed by atoms with Crippen molar-refractivity contribution in [1.82, 2.24) is 44.5 Å². The van der Waals surface area contributed by atoms with Crippen LogP contribution < -0.4 is 5.73 Å². The van der Waals surface area contributed by atoms with E-state index in [4.69, 9.17) is 141 Å². The molecule has 4 amide bonds. The Labute approximate surface area is 937 Å². The topological polar surface area (TPSA) is 372 Å². The molecule has 15 aromatic rings. The van der Waals surface area contributed by atoms with Crippen molar-refractivity contribution in [2.75, 3.05) is 39.6 Å². The Morgan fingerprint density at radius 2 is 0.633 bits per heavy atom. The number of nitrogens with zero attached hydrogens (tertiary/aromatic N) is 9. The summed E-state index contributed by atoms with van der Waals surface area (Å²) in [5, 5.41) is 65.4. The van der Waals surface area contributed by atoms with Gasteiger partial charge in [0, 0.05) is 160 Å². The van der Waals surface area contributed by atoms with Crippen LogP contribution in [0.1, 0.15) is 177 Å². The van der Waals surface area contributed by atoms with Gasteiger partial charge in [-0.15, -0.1) is 0 Å². The van der Waals surface area contributed by atoms with Crippen LogP contribution >= 0.6 is 164 Å². The molecule has 150 heavy (non-hydrogen) atoms. The van der Waals surface area contributed by atoms with E-state index in [1.807, 2.05) is 30.3 Å². The highest BCUT2D eigenvalue weighted by atomic mass is 79.9. The Bertz CT molecular complexity index is 7450. The van der Waals surface area contributed by atoms with E-state index in [-0.39, 0.29) is 112 Å². The second-order valence-electron chi connectivity index (χ2n) is 34.3. The number of pyridine rings is 5. The number of nitrogens with two attached hydrogens (primary N) is 1. The molecule has 0 spiro atoms. The second-order valence-corrected chi connectivity index (χ2v) is 41.4. The van der Waals surface area contributed by atoms with Crippen LogP contribution in [0.15, 0.2) is 317 Å². The highest BCUT2D eigenvalue weighted by Gasteiger charge is 2.57. The van der Waals surface area contributed by atoms with Crippen LogP contribution in [0, 0.1) is 0 Å². The molecule has 0 fully saturated rings. The van der Waals surface area contributed by atoms with Gasteiger partial charge in [0.1, 0.15) is 0 Å². The van der Waals surface area contributed by atoms with Gasteiger partial charge < -0.3 is 50.6 Å². The van der Waals surface area contributed by atoms with Crippen LogP contribution in [0.25, 0.3) is 0 Å². The first-order valence-electron chi connectivity index (χ1n) is 45.7. The lowest BCUT2D eigenvalue weighted by atomic mass is 9.89. The number of carbonyl (C=O) groups is 7. The number of benzene rings is 10. The molecule has 19 rings (SSSR count). The van der Waals surface area contributed by atoms with Crippen molar-refractivity contribution in [2.24, 2.45) is 5.73 Å². The normalized spacial score (nSPS) is 16.5. The molecule has 4 aliphatic rings. The molecule has 0 saturated carbocycles. The van der Waals surface area contributed by atoms with Crippen LogP contribution in [0.5, 0.6) is 0 Å². The number of halogens is 13. The number of ether oxygens (including phenoxy) is 3. The van der Waals surface area contributed by atoms with Crippen molar-refractivity contribution in [1.29, 1.82) is 0 Å². The lowest BCUT2D eigenvalue weighted by Crippen LogP contribution is -2.47. The molecule has 0 bridgehead atoms. The molecular weight excluding hydrogens is 2320 g/mol. The molecule has 9 heterocycles. The molecule has 8 N–H and O–H groups in total. The number of aromatic nitrogens is 5. The summed E-state index contributed by atoms with van der Waals surface area (Å²) in [6, 6.07) is 77.3. The number of carbonyl (C=O) groups excluding carboxylic acids is 6. The van der Waals surface area contributed by atoms with E-state index in [0.29, 0.717) is 162 Å². The summed E-state index contributed by atoms with van der Waals surface area (Å²) in [6.45, 7) is 5.17. The third kappa shape index (κ3) is 25.7. The third-order valence-electron chi connectivity index (χ3n) is 24.2. The summed E-state index contributed by atoms with van der Waals surface area (Å²) in [5.74, 6) is -2.70. The van der Waals surface area contributed by atoms with Gasteiger partial charge in [-0.05, 0) is 214 Å². The molecule has 770 valence electrons. The number of carboxylic acids is 1. The van der Waals surface area contributed by atoms with E-state index in [2.05, 4.69) is 72.7 Å². The highest BCUT2D eigenvalue weighted by molar-refractivity contribution is 9.11. The van der Waals surface area contributed by atoms with Gasteiger partial charge in [0.25, 0.3) is 23.6 Å². The minimum atomic E-state index is -1.63. The maximum absolute atomic E-state index is 13.8. The number of hydrogen-bond donors (Lipinski definition) is 7. The van der Waals surface area contributed by atoms with Gasteiger partial charge in [0.2, 0.25) is 0 Å². The van der Waals surface area contributed by atoms with E-state index in [9.17, 15) is 59.1 Å². The van der Waals surface area contributed by atoms with Gasteiger partial charge in [0.15, 0.2) is 34.5 Å². The first kappa shape index (κ1) is 114. The average molecular weight is 2410 g/mol. The molecule has 5 aromatic heterocycles. The monoisotopic (exact) mass is 2400 g/mol. The summed E-state index contributed by atoms with van der Waals surface area (Å²) < 4.78 is 20.9. The van der Waals surface area contributed by atoms with Gasteiger partial charge in [-0.2, -0.15) is 0 Å². The number of ketones is 2. The first-order chi connectivity index (χ1) is 71.7. The summed E-state index contributed by atoms with van der Waals surface area (Å²) in [7, 11) is 0. The number of aliphatic hydroxyl groups excluding tert-OH is 3. The second kappa shape index (κ2) is 50.5. The van der Waals surface area contributed by atoms with Gasteiger partial charge in [-0.1, -0.05) is 249 Å².